The Labute approximate surface area is 140 Å². The molecule has 1 aromatic heterocycles. The number of allylic oxidation sites excluding steroid dienone is 4. The molecule has 6 heteroatoms. The molecular weight excluding hydrogens is 304 g/mol. The van der Waals surface area contributed by atoms with Crippen LogP contribution in [0.1, 0.15) is 29.4 Å². The fourth-order valence-corrected chi connectivity index (χ4v) is 2.23. The van der Waals surface area contributed by atoms with E-state index in [4.69, 9.17) is 5.73 Å². The summed E-state index contributed by atoms with van der Waals surface area (Å²) in [7, 11) is 0. The zero-order valence-electron chi connectivity index (χ0n) is 13.9. The van der Waals surface area contributed by atoms with Crippen LogP contribution in [0.5, 0.6) is 0 Å². The second kappa shape index (κ2) is 7.50. The number of benzene rings is 1. The van der Waals surface area contributed by atoms with Crippen molar-refractivity contribution in [2.45, 2.75) is 27.3 Å². The molecule has 0 unspecified atom stereocenters. The van der Waals surface area contributed by atoms with Gasteiger partial charge in [-0.15, -0.1) is 0 Å². The van der Waals surface area contributed by atoms with E-state index in [0.717, 1.165) is 11.4 Å². The highest BCUT2D eigenvalue weighted by Gasteiger charge is 2.12. The third-order valence-corrected chi connectivity index (χ3v) is 3.71. The molecule has 3 N–H and O–H groups in total. The van der Waals surface area contributed by atoms with Gasteiger partial charge in [0.15, 0.2) is 0 Å². The zero-order valence-corrected chi connectivity index (χ0v) is 13.9. The van der Waals surface area contributed by atoms with E-state index >= 15 is 0 Å². The molecule has 124 valence electrons. The van der Waals surface area contributed by atoms with Gasteiger partial charge in [-0.25, -0.2) is 9.97 Å². The standard InChI is InChI=1S/C18H20N4O2/c1-4-14(23)7-5-6-8-15-17(19)13(10-20-24)9-16-18(15)22-12(3)11(2)21-16/h4-9,23H,10,19H2,1-3H3/b7-5-,8-6+,14-4-. The number of hydrogen-bond acceptors (Lipinski definition) is 6. The molecule has 0 radical (unpaired) electrons. The fourth-order valence-electron chi connectivity index (χ4n) is 2.23. The number of rotatable bonds is 5. The van der Waals surface area contributed by atoms with Gasteiger partial charge < -0.3 is 10.8 Å². The number of aryl methyl sites for hydroxylation is 2. The quantitative estimate of drug-likeness (QED) is 0.373. The predicted molar refractivity (Wildman–Crippen MR) is 97.5 cm³/mol. The Morgan fingerprint density at radius 3 is 2.67 bits per heavy atom. The molecule has 2 aromatic rings. The molecule has 2 rings (SSSR count). The minimum atomic E-state index is -0.0214. The maximum atomic E-state index is 10.7. The van der Waals surface area contributed by atoms with Crippen molar-refractivity contribution in [3.8, 4) is 0 Å². The van der Waals surface area contributed by atoms with E-state index in [1.807, 2.05) is 13.8 Å². The SMILES string of the molecule is C/C=C(O)/C=C\C=C\c1c(N)c(CN=O)cc2nc(C)c(C)nc12. The summed E-state index contributed by atoms with van der Waals surface area (Å²) in [6.45, 7) is 5.49. The third-order valence-electron chi connectivity index (χ3n) is 3.71. The second-order valence-corrected chi connectivity index (χ2v) is 5.34. The lowest BCUT2D eigenvalue weighted by Crippen LogP contribution is -2.02. The van der Waals surface area contributed by atoms with Gasteiger partial charge in [0.25, 0.3) is 0 Å². The molecule has 0 bridgehead atoms. The average molecular weight is 324 g/mol. The number of nitrogens with two attached hydrogens (primary N) is 1. The molecule has 0 atom stereocenters. The highest BCUT2D eigenvalue weighted by atomic mass is 16.3. The smallest absolute Gasteiger partial charge is 0.111 e. The normalized spacial score (nSPS) is 12.5. The first-order chi connectivity index (χ1) is 11.5. The summed E-state index contributed by atoms with van der Waals surface area (Å²) >= 11 is 0. The summed E-state index contributed by atoms with van der Waals surface area (Å²) in [5.41, 5.74) is 10.9. The molecule has 1 heterocycles. The van der Waals surface area contributed by atoms with Crippen LogP contribution in [-0.4, -0.2) is 15.1 Å². The number of aliphatic hydroxyl groups excluding tert-OH is 1. The zero-order chi connectivity index (χ0) is 17.7. The van der Waals surface area contributed by atoms with Crippen molar-refractivity contribution in [2.75, 3.05) is 5.73 Å². The molecule has 0 saturated carbocycles. The van der Waals surface area contributed by atoms with Crippen molar-refractivity contribution in [1.82, 2.24) is 9.97 Å². The minimum Gasteiger partial charge on any atom is -0.508 e. The van der Waals surface area contributed by atoms with Crippen molar-refractivity contribution in [3.63, 3.8) is 0 Å². The highest BCUT2D eigenvalue weighted by Crippen LogP contribution is 2.28. The summed E-state index contributed by atoms with van der Waals surface area (Å²) in [5.74, 6) is 0.169. The average Bonchev–Trinajstić information content (AvgIpc) is 2.56. The van der Waals surface area contributed by atoms with Crippen molar-refractivity contribution in [2.24, 2.45) is 5.18 Å². The summed E-state index contributed by atoms with van der Waals surface area (Å²) in [4.78, 5) is 19.8. The number of fused-ring (bicyclic) bond motifs is 1. The van der Waals surface area contributed by atoms with Gasteiger partial charge in [0, 0.05) is 16.8 Å². The number of anilines is 1. The van der Waals surface area contributed by atoms with Crippen molar-refractivity contribution >= 4 is 22.8 Å². The first kappa shape index (κ1) is 17.3. The van der Waals surface area contributed by atoms with Gasteiger partial charge in [-0.3, -0.25) is 0 Å². The van der Waals surface area contributed by atoms with E-state index in [1.165, 1.54) is 0 Å². The van der Waals surface area contributed by atoms with Crippen molar-refractivity contribution in [3.05, 3.63) is 63.6 Å². The van der Waals surface area contributed by atoms with Gasteiger partial charge in [-0.2, -0.15) is 4.91 Å². The van der Waals surface area contributed by atoms with Crippen LogP contribution in [0.25, 0.3) is 17.1 Å². The van der Waals surface area contributed by atoms with E-state index in [1.54, 1.807) is 43.4 Å². The Morgan fingerprint density at radius 2 is 2.00 bits per heavy atom. The lowest BCUT2D eigenvalue weighted by Gasteiger charge is -2.11. The molecule has 0 spiro atoms. The lowest BCUT2D eigenvalue weighted by molar-refractivity contribution is 0.431. The maximum absolute atomic E-state index is 10.7. The molecule has 6 nitrogen and oxygen atoms in total. The first-order valence-electron chi connectivity index (χ1n) is 7.53. The number of hydrogen-bond donors (Lipinski definition) is 2. The Balaban J connectivity index is 2.62. The molecule has 0 aliphatic carbocycles. The Bertz CT molecular complexity index is 867. The molecule has 0 aliphatic heterocycles. The Hall–Kier alpha value is -3.02. The number of aromatic nitrogens is 2. The Kier molecular flexibility index (Phi) is 5.42. The van der Waals surface area contributed by atoms with Crippen LogP contribution >= 0.6 is 0 Å². The number of nitrogen functional groups attached to an aromatic ring is 1. The van der Waals surface area contributed by atoms with Gasteiger partial charge >= 0.3 is 0 Å². The van der Waals surface area contributed by atoms with Crippen LogP contribution in [0.3, 0.4) is 0 Å². The monoisotopic (exact) mass is 324 g/mol. The van der Waals surface area contributed by atoms with E-state index in [2.05, 4.69) is 15.1 Å². The van der Waals surface area contributed by atoms with Gasteiger partial charge in [0.05, 0.1) is 22.4 Å². The largest absolute Gasteiger partial charge is 0.508 e. The molecular formula is C18H20N4O2. The van der Waals surface area contributed by atoms with E-state index in [9.17, 15) is 10.0 Å². The predicted octanol–water partition coefficient (Wildman–Crippen LogP) is 4.13. The number of nitrogens with zero attached hydrogens (tertiary/aromatic N) is 3. The molecule has 0 fully saturated rings. The van der Waals surface area contributed by atoms with Gasteiger partial charge in [-0.05, 0) is 39.0 Å². The van der Waals surface area contributed by atoms with Crippen molar-refractivity contribution < 1.29 is 5.11 Å². The molecule has 0 amide bonds. The van der Waals surface area contributed by atoms with Crippen LogP contribution in [0.15, 0.2) is 41.3 Å². The van der Waals surface area contributed by atoms with E-state index < -0.39 is 0 Å². The summed E-state index contributed by atoms with van der Waals surface area (Å²) in [6, 6.07) is 1.75. The summed E-state index contributed by atoms with van der Waals surface area (Å²) < 4.78 is 0. The fraction of sp³-hybridized carbons (Fsp3) is 0.222. The topological polar surface area (TPSA) is 101 Å². The third kappa shape index (κ3) is 3.65. The number of aliphatic hydroxyl groups is 1. The highest BCUT2D eigenvalue weighted by molar-refractivity contribution is 5.92. The van der Waals surface area contributed by atoms with Crippen LogP contribution in [-0.2, 0) is 6.54 Å². The van der Waals surface area contributed by atoms with Crippen LogP contribution in [0, 0.1) is 18.8 Å². The summed E-state index contributed by atoms with van der Waals surface area (Å²) in [5, 5.41) is 12.3. The van der Waals surface area contributed by atoms with Crippen LogP contribution in [0.2, 0.25) is 0 Å². The molecule has 1 aromatic carbocycles. The molecule has 0 aliphatic rings. The van der Waals surface area contributed by atoms with Crippen molar-refractivity contribution in [1.29, 1.82) is 0 Å². The van der Waals surface area contributed by atoms with Gasteiger partial charge in [0.2, 0.25) is 0 Å². The van der Waals surface area contributed by atoms with Gasteiger partial charge in [-0.1, -0.05) is 23.4 Å². The summed E-state index contributed by atoms with van der Waals surface area (Å²) in [6.07, 6.45) is 8.38. The van der Waals surface area contributed by atoms with E-state index in [0.29, 0.717) is 27.8 Å². The second-order valence-electron chi connectivity index (χ2n) is 5.34. The molecule has 0 saturated heterocycles. The number of nitroso groups, excluding NO2 is 1. The van der Waals surface area contributed by atoms with Crippen LogP contribution in [0.4, 0.5) is 5.69 Å². The Morgan fingerprint density at radius 1 is 1.29 bits per heavy atom. The van der Waals surface area contributed by atoms with Gasteiger partial charge in [0.1, 0.15) is 12.3 Å². The van der Waals surface area contributed by atoms with E-state index in [-0.39, 0.29) is 12.3 Å². The maximum Gasteiger partial charge on any atom is 0.111 e. The lowest BCUT2D eigenvalue weighted by atomic mass is 10.0. The molecule has 24 heavy (non-hydrogen) atoms. The first-order valence-corrected chi connectivity index (χ1v) is 7.53. The van der Waals surface area contributed by atoms with Crippen LogP contribution < -0.4 is 5.73 Å². The minimum absolute atomic E-state index is 0.0214.